The van der Waals surface area contributed by atoms with Crippen molar-refractivity contribution in [1.29, 1.82) is 0 Å². The SMILES string of the molecule is CC(C)OCCN1C(=S)NC(O)c2c1ccn2COC(=O)[C@@H]1CCC(=O)N1C(=O)OC(C)(C)C. The minimum absolute atomic E-state index is 0.0470. The maximum atomic E-state index is 12.8. The van der Waals surface area contributed by atoms with Crippen molar-refractivity contribution in [1.82, 2.24) is 14.8 Å². The highest BCUT2D eigenvalue weighted by Crippen LogP contribution is 2.31. The quantitative estimate of drug-likeness (QED) is 0.428. The average Bonchev–Trinajstić information content (AvgIpc) is 3.31. The molecule has 2 amide bonds. The molecule has 1 aromatic heterocycles. The molecule has 1 fully saturated rings. The lowest BCUT2D eigenvalue weighted by Gasteiger charge is -2.34. The van der Waals surface area contributed by atoms with Crippen LogP contribution in [-0.4, -0.2) is 68.6 Å². The molecule has 188 valence electrons. The van der Waals surface area contributed by atoms with Gasteiger partial charge in [-0.3, -0.25) is 4.79 Å². The van der Waals surface area contributed by atoms with E-state index in [1.807, 2.05) is 13.8 Å². The van der Waals surface area contributed by atoms with E-state index in [0.717, 1.165) is 4.90 Å². The normalized spacial score (nSPS) is 20.4. The average molecular weight is 497 g/mol. The fraction of sp³-hybridized carbons (Fsp3) is 0.636. The van der Waals surface area contributed by atoms with Crippen LogP contribution in [0, 0.1) is 0 Å². The number of rotatable bonds is 7. The van der Waals surface area contributed by atoms with Gasteiger partial charge in [-0.1, -0.05) is 0 Å². The zero-order chi connectivity index (χ0) is 25.2. The van der Waals surface area contributed by atoms with Crippen molar-refractivity contribution in [2.75, 3.05) is 18.1 Å². The molecule has 0 saturated carbocycles. The molecule has 2 atom stereocenters. The number of carbonyl (C=O) groups is 3. The lowest BCUT2D eigenvalue weighted by molar-refractivity contribution is -0.155. The van der Waals surface area contributed by atoms with E-state index in [1.54, 1.807) is 42.5 Å². The van der Waals surface area contributed by atoms with Crippen LogP contribution in [0.5, 0.6) is 0 Å². The predicted molar refractivity (Wildman–Crippen MR) is 126 cm³/mol. The van der Waals surface area contributed by atoms with Gasteiger partial charge >= 0.3 is 12.1 Å². The molecule has 1 unspecified atom stereocenters. The molecule has 0 radical (unpaired) electrons. The molecule has 0 bridgehead atoms. The summed E-state index contributed by atoms with van der Waals surface area (Å²) < 4.78 is 17.9. The molecule has 12 heteroatoms. The first kappa shape index (κ1) is 25.9. The number of aliphatic hydroxyl groups excluding tert-OH is 1. The first-order valence-corrected chi connectivity index (χ1v) is 11.6. The van der Waals surface area contributed by atoms with Crippen LogP contribution in [0.1, 0.15) is 59.4 Å². The summed E-state index contributed by atoms with van der Waals surface area (Å²) in [7, 11) is 0. The van der Waals surface area contributed by atoms with Crippen LogP contribution in [0.3, 0.4) is 0 Å². The molecule has 0 aliphatic carbocycles. The van der Waals surface area contributed by atoms with Gasteiger partial charge < -0.3 is 34.1 Å². The van der Waals surface area contributed by atoms with Crippen molar-refractivity contribution in [3.63, 3.8) is 0 Å². The van der Waals surface area contributed by atoms with Gasteiger partial charge in [0.15, 0.2) is 18.1 Å². The van der Waals surface area contributed by atoms with Gasteiger partial charge in [-0.05, 0) is 59.3 Å². The van der Waals surface area contributed by atoms with Crippen LogP contribution in [0.2, 0.25) is 0 Å². The number of likely N-dealkylation sites (tertiary alicyclic amines) is 1. The maximum Gasteiger partial charge on any atom is 0.417 e. The number of aromatic nitrogens is 1. The summed E-state index contributed by atoms with van der Waals surface area (Å²) in [4.78, 5) is 40.1. The standard InChI is InChI=1S/C22H32N4O7S/c1-13(2)31-11-10-25-14-8-9-24(17(14)18(28)23-20(25)34)12-32-19(29)15-6-7-16(27)26(15)21(30)33-22(3,4)5/h8-9,13,15,18,28H,6-7,10-12H2,1-5H3,(H,23,34)/t15-,18?/m0/s1. The molecule has 34 heavy (non-hydrogen) atoms. The number of hydrogen-bond donors (Lipinski definition) is 2. The Morgan fingerprint density at radius 1 is 1.32 bits per heavy atom. The zero-order valence-corrected chi connectivity index (χ0v) is 20.9. The van der Waals surface area contributed by atoms with E-state index in [4.69, 9.17) is 26.4 Å². The highest BCUT2D eigenvalue weighted by molar-refractivity contribution is 7.80. The number of carbonyl (C=O) groups excluding carboxylic acids is 3. The van der Waals surface area contributed by atoms with Crippen molar-refractivity contribution in [3.05, 3.63) is 18.0 Å². The van der Waals surface area contributed by atoms with Crippen molar-refractivity contribution in [3.8, 4) is 0 Å². The zero-order valence-electron chi connectivity index (χ0n) is 20.1. The van der Waals surface area contributed by atoms with Gasteiger partial charge in [0.1, 0.15) is 11.6 Å². The minimum Gasteiger partial charge on any atom is -0.443 e. The molecule has 2 aliphatic heterocycles. The van der Waals surface area contributed by atoms with E-state index in [0.29, 0.717) is 29.6 Å². The molecule has 3 rings (SSSR count). The van der Waals surface area contributed by atoms with Gasteiger partial charge in [0, 0.05) is 19.2 Å². The molecule has 2 aliphatic rings. The second-order valence-electron chi connectivity index (χ2n) is 9.37. The number of imide groups is 1. The minimum atomic E-state index is -1.09. The van der Waals surface area contributed by atoms with Crippen LogP contribution in [0.15, 0.2) is 12.3 Å². The Bertz CT molecular complexity index is 956. The molecule has 0 spiro atoms. The summed E-state index contributed by atoms with van der Waals surface area (Å²) >= 11 is 5.36. The number of fused-ring (bicyclic) bond motifs is 1. The third kappa shape index (κ3) is 5.86. The van der Waals surface area contributed by atoms with Gasteiger partial charge in [0.05, 0.1) is 24.1 Å². The number of aliphatic hydroxyl groups is 1. The van der Waals surface area contributed by atoms with Crippen LogP contribution in [0.4, 0.5) is 10.5 Å². The molecule has 11 nitrogen and oxygen atoms in total. The monoisotopic (exact) mass is 496 g/mol. The fourth-order valence-corrected chi connectivity index (χ4v) is 4.06. The molecule has 3 heterocycles. The van der Waals surface area contributed by atoms with Gasteiger partial charge in [0.25, 0.3) is 0 Å². The van der Waals surface area contributed by atoms with Crippen molar-refractivity contribution in [2.45, 2.75) is 78.2 Å². The van der Waals surface area contributed by atoms with Crippen LogP contribution in [-0.2, 0) is 30.5 Å². The molecule has 2 N–H and O–H groups in total. The Hall–Kier alpha value is -2.70. The van der Waals surface area contributed by atoms with Crippen LogP contribution in [0.25, 0.3) is 0 Å². The van der Waals surface area contributed by atoms with Crippen molar-refractivity contribution >= 4 is 41.0 Å². The van der Waals surface area contributed by atoms with Gasteiger partial charge in [0.2, 0.25) is 5.91 Å². The van der Waals surface area contributed by atoms with E-state index in [2.05, 4.69) is 5.32 Å². The van der Waals surface area contributed by atoms with E-state index >= 15 is 0 Å². The van der Waals surface area contributed by atoms with Gasteiger partial charge in [-0.2, -0.15) is 0 Å². The lowest BCUT2D eigenvalue weighted by atomic mass is 10.2. The number of nitrogens with zero attached hydrogens (tertiary/aromatic N) is 3. The van der Waals surface area contributed by atoms with Crippen molar-refractivity contribution < 1.29 is 33.7 Å². The number of thiocarbonyl (C=S) groups is 1. The van der Waals surface area contributed by atoms with E-state index in [9.17, 15) is 19.5 Å². The topological polar surface area (TPSA) is 123 Å². The Kier molecular flexibility index (Phi) is 7.84. The van der Waals surface area contributed by atoms with E-state index in [1.165, 1.54) is 0 Å². The summed E-state index contributed by atoms with van der Waals surface area (Å²) in [6.07, 6.45) is -0.0252. The number of ether oxygens (including phenoxy) is 3. The smallest absolute Gasteiger partial charge is 0.417 e. The van der Waals surface area contributed by atoms with Crippen LogP contribution >= 0.6 is 12.2 Å². The molecule has 0 aromatic carbocycles. The Morgan fingerprint density at radius 2 is 2.03 bits per heavy atom. The lowest BCUT2D eigenvalue weighted by Crippen LogP contribution is -2.48. The number of nitrogens with one attached hydrogen (secondary N) is 1. The largest absolute Gasteiger partial charge is 0.443 e. The highest BCUT2D eigenvalue weighted by atomic mass is 32.1. The van der Waals surface area contributed by atoms with Crippen LogP contribution < -0.4 is 10.2 Å². The third-order valence-electron chi connectivity index (χ3n) is 5.23. The number of anilines is 1. The number of hydrogen-bond acceptors (Lipinski definition) is 8. The second kappa shape index (κ2) is 10.3. The number of amides is 2. The fourth-order valence-electron chi connectivity index (χ4n) is 3.76. The van der Waals surface area contributed by atoms with Gasteiger partial charge in [-0.15, -0.1) is 0 Å². The molecule has 1 saturated heterocycles. The van der Waals surface area contributed by atoms with E-state index in [-0.39, 0.29) is 25.7 Å². The first-order valence-electron chi connectivity index (χ1n) is 11.2. The molecular formula is C22H32N4O7S. The summed E-state index contributed by atoms with van der Waals surface area (Å²) in [5.41, 5.74) is 0.331. The Morgan fingerprint density at radius 3 is 2.68 bits per heavy atom. The predicted octanol–water partition coefficient (Wildman–Crippen LogP) is 2.03. The maximum absolute atomic E-state index is 12.8. The summed E-state index contributed by atoms with van der Waals surface area (Å²) in [6.45, 7) is 9.60. The summed E-state index contributed by atoms with van der Waals surface area (Å²) in [5.74, 6) is -1.21. The molecule has 1 aromatic rings. The summed E-state index contributed by atoms with van der Waals surface area (Å²) in [6, 6.07) is 0.704. The van der Waals surface area contributed by atoms with E-state index < -0.39 is 35.8 Å². The van der Waals surface area contributed by atoms with Gasteiger partial charge in [-0.25, -0.2) is 14.5 Å². The van der Waals surface area contributed by atoms with Crippen molar-refractivity contribution in [2.24, 2.45) is 0 Å². The Balaban J connectivity index is 1.69. The summed E-state index contributed by atoms with van der Waals surface area (Å²) in [5, 5.41) is 13.7. The molecular weight excluding hydrogens is 464 g/mol. The third-order valence-corrected chi connectivity index (χ3v) is 5.56. The first-order chi connectivity index (χ1) is 15.9. The second-order valence-corrected chi connectivity index (χ2v) is 9.76. The highest BCUT2D eigenvalue weighted by Gasteiger charge is 2.43. The number of esters is 1. The Labute approximate surface area is 203 Å².